The summed E-state index contributed by atoms with van der Waals surface area (Å²) >= 11 is 6.30. The van der Waals surface area contributed by atoms with Gasteiger partial charge in [0.15, 0.2) is 0 Å². The van der Waals surface area contributed by atoms with Crippen LogP contribution < -0.4 is 14.4 Å². The van der Waals surface area contributed by atoms with Crippen LogP contribution in [0.4, 0.5) is 5.69 Å². The molecule has 0 aliphatic heterocycles. The van der Waals surface area contributed by atoms with E-state index in [1.807, 2.05) is 66.7 Å². The lowest BCUT2D eigenvalue weighted by Crippen LogP contribution is -2.53. The Morgan fingerprint density at radius 3 is 1.96 bits per heavy atom. The maximum atomic E-state index is 14.5. The van der Waals surface area contributed by atoms with E-state index in [0.29, 0.717) is 28.6 Å². The van der Waals surface area contributed by atoms with Crippen LogP contribution >= 0.6 is 11.6 Å². The molecule has 0 heterocycles. The van der Waals surface area contributed by atoms with Gasteiger partial charge < -0.3 is 15.0 Å². The molecule has 0 saturated carbocycles. The van der Waals surface area contributed by atoms with Crippen molar-refractivity contribution >= 4 is 39.1 Å². The molecule has 5 aromatic rings. The molecule has 0 aliphatic rings. The molecule has 2 amide bonds. The second-order valence-corrected chi connectivity index (χ2v) is 13.3. The van der Waals surface area contributed by atoms with E-state index < -0.39 is 28.5 Å². The first kappa shape index (κ1) is 34.2. The highest BCUT2D eigenvalue weighted by atomic mass is 35.5. The summed E-state index contributed by atoms with van der Waals surface area (Å²) < 4.78 is 35.4. The maximum absolute atomic E-state index is 14.5. The Bertz CT molecular complexity index is 1910. The Labute approximate surface area is 286 Å². The van der Waals surface area contributed by atoms with E-state index in [1.165, 1.54) is 17.0 Å². The Morgan fingerprint density at radius 1 is 0.750 bits per heavy atom. The second kappa shape index (κ2) is 16.1. The quantitative estimate of drug-likeness (QED) is 0.135. The van der Waals surface area contributed by atoms with Crippen LogP contribution in [0.2, 0.25) is 5.02 Å². The Morgan fingerprint density at radius 2 is 1.33 bits per heavy atom. The number of ether oxygens (including phenoxy) is 1. The highest BCUT2D eigenvalue weighted by Crippen LogP contribution is 2.29. The van der Waals surface area contributed by atoms with Gasteiger partial charge in [-0.2, -0.15) is 0 Å². The highest BCUT2D eigenvalue weighted by Gasteiger charge is 2.34. The van der Waals surface area contributed by atoms with Crippen LogP contribution in [-0.4, -0.2) is 44.3 Å². The highest BCUT2D eigenvalue weighted by molar-refractivity contribution is 7.92. The van der Waals surface area contributed by atoms with Crippen LogP contribution in [-0.2, 0) is 32.6 Å². The van der Waals surface area contributed by atoms with E-state index in [9.17, 15) is 18.0 Å². The number of likely N-dealkylation sites (N-methyl/N-ethyl adjacent to an activating group) is 1. The van der Waals surface area contributed by atoms with Crippen LogP contribution in [0.15, 0.2) is 144 Å². The van der Waals surface area contributed by atoms with Gasteiger partial charge in [-0.3, -0.25) is 13.9 Å². The molecule has 246 valence electrons. The van der Waals surface area contributed by atoms with E-state index in [0.717, 1.165) is 9.87 Å². The molecule has 0 unspecified atom stereocenters. The zero-order chi connectivity index (χ0) is 33.9. The lowest BCUT2D eigenvalue weighted by molar-refractivity contribution is -0.140. The molecule has 0 spiro atoms. The van der Waals surface area contributed by atoms with Crippen molar-refractivity contribution in [1.29, 1.82) is 0 Å². The van der Waals surface area contributed by atoms with E-state index in [1.54, 1.807) is 67.6 Å². The number of amides is 2. The largest absolute Gasteiger partial charge is 0.457 e. The first-order valence-electron chi connectivity index (χ1n) is 15.5. The molecule has 0 radical (unpaired) electrons. The average Bonchev–Trinajstić information content (AvgIpc) is 3.10. The lowest BCUT2D eigenvalue weighted by atomic mass is 10.0. The Kier molecular flexibility index (Phi) is 11.5. The summed E-state index contributed by atoms with van der Waals surface area (Å²) in [5.41, 5.74) is 1.80. The van der Waals surface area contributed by atoms with Crippen LogP contribution in [0.3, 0.4) is 0 Å². The average molecular weight is 682 g/mol. The van der Waals surface area contributed by atoms with Crippen molar-refractivity contribution < 1.29 is 22.7 Å². The third kappa shape index (κ3) is 8.82. The van der Waals surface area contributed by atoms with Gasteiger partial charge >= 0.3 is 0 Å². The Hall–Kier alpha value is -5.12. The molecule has 5 aromatic carbocycles. The molecule has 5 rings (SSSR count). The van der Waals surface area contributed by atoms with Gasteiger partial charge in [-0.25, -0.2) is 8.42 Å². The van der Waals surface area contributed by atoms with Crippen molar-refractivity contribution in [2.75, 3.05) is 17.4 Å². The third-order valence-corrected chi connectivity index (χ3v) is 9.60. The third-order valence-electron chi connectivity index (χ3n) is 7.58. The molecule has 0 bridgehead atoms. The minimum absolute atomic E-state index is 0.0216. The van der Waals surface area contributed by atoms with E-state index in [4.69, 9.17) is 16.3 Å². The van der Waals surface area contributed by atoms with Crippen LogP contribution in [0.5, 0.6) is 11.5 Å². The number of sulfonamides is 1. The fraction of sp³-hybridized carbons (Fsp3) is 0.158. The van der Waals surface area contributed by atoms with E-state index >= 15 is 0 Å². The number of rotatable bonds is 14. The van der Waals surface area contributed by atoms with Crippen LogP contribution in [0, 0.1) is 0 Å². The molecule has 1 N–H and O–H groups in total. The van der Waals surface area contributed by atoms with E-state index in [2.05, 4.69) is 5.32 Å². The minimum atomic E-state index is -4.23. The number of para-hydroxylation sites is 1. The SMILES string of the molecule is CCNC(=O)[C@H](Cc1ccccc1)N(Cc1cccc(Cl)c1)C(=O)CN(c1ccc(Oc2ccccc2)cc1)S(=O)(=O)c1ccccc1. The predicted octanol–water partition coefficient (Wildman–Crippen LogP) is 7.10. The number of hydrogen-bond acceptors (Lipinski definition) is 5. The van der Waals surface area contributed by atoms with Gasteiger partial charge in [-0.1, -0.05) is 90.5 Å². The number of hydrogen-bond donors (Lipinski definition) is 1. The van der Waals surface area contributed by atoms with Crippen molar-refractivity contribution in [2.24, 2.45) is 0 Å². The molecule has 1 atom stereocenters. The van der Waals surface area contributed by atoms with Crippen molar-refractivity contribution in [2.45, 2.75) is 30.8 Å². The zero-order valence-corrected chi connectivity index (χ0v) is 28.0. The fourth-order valence-electron chi connectivity index (χ4n) is 5.23. The number of halogens is 1. The van der Waals surface area contributed by atoms with Gasteiger partial charge in [0.1, 0.15) is 24.1 Å². The predicted molar refractivity (Wildman–Crippen MR) is 189 cm³/mol. The number of benzene rings is 5. The molecular formula is C38H36ClN3O5S. The summed E-state index contributed by atoms with van der Waals surface area (Å²) in [6.45, 7) is 1.62. The molecule has 0 aliphatic carbocycles. The number of carbonyl (C=O) groups excluding carboxylic acids is 2. The van der Waals surface area contributed by atoms with Crippen molar-refractivity contribution in [3.63, 3.8) is 0 Å². The monoisotopic (exact) mass is 681 g/mol. The van der Waals surface area contributed by atoms with Crippen molar-refractivity contribution in [3.05, 3.63) is 156 Å². The minimum Gasteiger partial charge on any atom is -0.457 e. The first-order chi connectivity index (χ1) is 23.2. The molecule has 10 heteroatoms. The molecule has 0 saturated heterocycles. The molecule has 8 nitrogen and oxygen atoms in total. The maximum Gasteiger partial charge on any atom is 0.264 e. The smallest absolute Gasteiger partial charge is 0.264 e. The molecular weight excluding hydrogens is 646 g/mol. The summed E-state index contributed by atoms with van der Waals surface area (Å²) in [6.07, 6.45) is 0.218. The van der Waals surface area contributed by atoms with Gasteiger partial charge in [0.05, 0.1) is 10.6 Å². The Balaban J connectivity index is 1.54. The summed E-state index contributed by atoms with van der Waals surface area (Å²) in [6, 6.07) is 39.1. The lowest BCUT2D eigenvalue weighted by Gasteiger charge is -2.34. The summed E-state index contributed by atoms with van der Waals surface area (Å²) in [5, 5.41) is 3.34. The topological polar surface area (TPSA) is 96.0 Å². The summed E-state index contributed by atoms with van der Waals surface area (Å²) in [7, 11) is -4.23. The zero-order valence-electron chi connectivity index (χ0n) is 26.4. The van der Waals surface area contributed by atoms with Crippen LogP contribution in [0.25, 0.3) is 0 Å². The van der Waals surface area contributed by atoms with Gasteiger partial charge in [0, 0.05) is 24.5 Å². The number of nitrogens with one attached hydrogen (secondary N) is 1. The molecule has 0 aromatic heterocycles. The normalized spacial score (nSPS) is 11.7. The van der Waals surface area contributed by atoms with Gasteiger partial charge in [0.2, 0.25) is 11.8 Å². The summed E-state index contributed by atoms with van der Waals surface area (Å²) in [5.74, 6) is 0.207. The second-order valence-electron chi connectivity index (χ2n) is 11.0. The number of anilines is 1. The van der Waals surface area contributed by atoms with Crippen LogP contribution in [0.1, 0.15) is 18.1 Å². The summed E-state index contributed by atoms with van der Waals surface area (Å²) in [4.78, 5) is 29.6. The van der Waals surface area contributed by atoms with Gasteiger partial charge in [-0.15, -0.1) is 0 Å². The standard InChI is InChI=1S/C38H36ClN3O5S/c1-2-40-38(44)36(26-29-13-6-3-7-14-29)41(27-30-15-12-16-31(39)25-30)37(43)28-42(48(45,46)35-19-10-5-11-20-35)32-21-23-34(24-22-32)47-33-17-8-4-9-18-33/h3-25,36H,2,26-28H2,1H3,(H,40,44)/t36-/m0/s1. The fourth-order valence-corrected chi connectivity index (χ4v) is 6.88. The number of nitrogens with zero attached hydrogens (tertiary/aromatic N) is 2. The van der Waals surface area contributed by atoms with E-state index in [-0.39, 0.29) is 29.5 Å². The van der Waals surface area contributed by atoms with Gasteiger partial charge in [-0.05, 0) is 78.7 Å². The van der Waals surface area contributed by atoms with Crippen molar-refractivity contribution in [3.8, 4) is 11.5 Å². The first-order valence-corrected chi connectivity index (χ1v) is 17.3. The van der Waals surface area contributed by atoms with Gasteiger partial charge in [0.25, 0.3) is 10.0 Å². The van der Waals surface area contributed by atoms with Crippen molar-refractivity contribution in [1.82, 2.24) is 10.2 Å². The molecule has 0 fully saturated rings. The number of carbonyl (C=O) groups is 2. The molecule has 48 heavy (non-hydrogen) atoms.